The maximum absolute atomic E-state index is 12.7. The molecule has 0 aliphatic carbocycles. The Kier molecular flexibility index (Phi) is 5.28. The summed E-state index contributed by atoms with van der Waals surface area (Å²) in [7, 11) is 0. The molecule has 0 spiro atoms. The highest BCUT2D eigenvalue weighted by atomic mass is 79.9. The van der Waals surface area contributed by atoms with Gasteiger partial charge in [-0.1, -0.05) is 31.2 Å². The van der Waals surface area contributed by atoms with Crippen LogP contribution in [0.5, 0.6) is 5.75 Å². The van der Waals surface area contributed by atoms with Gasteiger partial charge in [-0.2, -0.15) is 0 Å². The van der Waals surface area contributed by atoms with Crippen molar-refractivity contribution in [3.63, 3.8) is 0 Å². The van der Waals surface area contributed by atoms with Crippen molar-refractivity contribution in [3.8, 4) is 5.75 Å². The van der Waals surface area contributed by atoms with E-state index >= 15 is 0 Å². The molecule has 1 heterocycles. The van der Waals surface area contributed by atoms with E-state index in [0.29, 0.717) is 11.0 Å². The predicted octanol–water partition coefficient (Wildman–Crippen LogP) is 4.75. The molecular weight excluding hydrogens is 374 g/mol. The first-order chi connectivity index (χ1) is 11.1. The Morgan fingerprint density at radius 3 is 2.83 bits per heavy atom. The average molecular weight is 392 g/mol. The number of fused-ring (bicyclic) bond motifs is 1. The highest BCUT2D eigenvalue weighted by Gasteiger charge is 2.24. The van der Waals surface area contributed by atoms with Crippen LogP contribution >= 0.6 is 27.7 Å². The van der Waals surface area contributed by atoms with E-state index in [0.717, 1.165) is 28.0 Å². The summed E-state index contributed by atoms with van der Waals surface area (Å²) in [4.78, 5) is 15.7. The third kappa shape index (κ3) is 3.90. The van der Waals surface area contributed by atoms with Crippen LogP contribution in [0.15, 0.2) is 57.9 Å². The summed E-state index contributed by atoms with van der Waals surface area (Å²) in [6, 6.07) is 15.7. The zero-order valence-electron chi connectivity index (χ0n) is 12.9. The molecule has 23 heavy (non-hydrogen) atoms. The fraction of sp³-hybridized carbons (Fsp3) is 0.278. The number of halogens is 1. The third-order valence-corrected chi connectivity index (χ3v) is 5.62. The molecule has 0 bridgehead atoms. The average Bonchev–Trinajstić information content (AvgIpc) is 2.72. The number of thioether (sulfide) groups is 1. The second kappa shape index (κ2) is 7.41. The zero-order valence-corrected chi connectivity index (χ0v) is 15.3. The van der Waals surface area contributed by atoms with E-state index in [1.165, 1.54) is 0 Å². The van der Waals surface area contributed by atoms with Gasteiger partial charge in [0.1, 0.15) is 5.75 Å². The number of hydrogen-bond donors (Lipinski definition) is 0. The van der Waals surface area contributed by atoms with Crippen LogP contribution in [0.3, 0.4) is 0 Å². The Labute approximate surface area is 149 Å². The summed E-state index contributed by atoms with van der Waals surface area (Å²) in [6.45, 7) is 2.96. The second-order valence-corrected chi connectivity index (χ2v) is 7.78. The van der Waals surface area contributed by atoms with E-state index in [4.69, 9.17) is 4.74 Å². The van der Waals surface area contributed by atoms with Crippen molar-refractivity contribution in [1.82, 2.24) is 0 Å². The van der Waals surface area contributed by atoms with Gasteiger partial charge in [0.25, 0.3) is 5.91 Å². The van der Waals surface area contributed by atoms with Crippen molar-refractivity contribution in [2.45, 2.75) is 23.5 Å². The summed E-state index contributed by atoms with van der Waals surface area (Å²) in [5.74, 6) is 0.676. The molecule has 0 radical (unpaired) electrons. The Morgan fingerprint density at radius 1 is 1.26 bits per heavy atom. The van der Waals surface area contributed by atoms with Crippen LogP contribution in [-0.4, -0.2) is 24.3 Å². The van der Waals surface area contributed by atoms with Gasteiger partial charge in [-0.05, 0) is 46.6 Å². The first-order valence-electron chi connectivity index (χ1n) is 7.58. The van der Waals surface area contributed by atoms with Crippen LogP contribution in [0, 0.1) is 0 Å². The SMILES string of the molecule is C[C@H]1CCN(C(=O)COc2ccccc2Br)c2ccccc2S1. The number of anilines is 1. The van der Waals surface area contributed by atoms with Crippen LogP contribution < -0.4 is 9.64 Å². The maximum Gasteiger partial charge on any atom is 0.264 e. The first kappa shape index (κ1) is 16.4. The van der Waals surface area contributed by atoms with Crippen molar-refractivity contribution < 1.29 is 9.53 Å². The molecule has 120 valence electrons. The van der Waals surface area contributed by atoms with E-state index in [-0.39, 0.29) is 12.5 Å². The van der Waals surface area contributed by atoms with Gasteiger partial charge in [0.05, 0.1) is 10.2 Å². The van der Waals surface area contributed by atoms with Gasteiger partial charge in [0, 0.05) is 16.7 Å². The van der Waals surface area contributed by atoms with Crippen molar-refractivity contribution >= 4 is 39.3 Å². The molecule has 3 nitrogen and oxygen atoms in total. The molecule has 1 aliphatic rings. The van der Waals surface area contributed by atoms with Gasteiger partial charge in [-0.15, -0.1) is 11.8 Å². The second-order valence-electron chi connectivity index (χ2n) is 5.45. The topological polar surface area (TPSA) is 29.5 Å². The summed E-state index contributed by atoms with van der Waals surface area (Å²) in [6.07, 6.45) is 0.972. The van der Waals surface area contributed by atoms with Crippen LogP contribution in [0.1, 0.15) is 13.3 Å². The van der Waals surface area contributed by atoms with Crippen molar-refractivity contribution in [3.05, 3.63) is 53.0 Å². The lowest BCUT2D eigenvalue weighted by Gasteiger charge is -2.22. The minimum Gasteiger partial charge on any atom is -0.483 e. The minimum absolute atomic E-state index is 0.0112. The van der Waals surface area contributed by atoms with Crippen molar-refractivity contribution in [2.75, 3.05) is 18.1 Å². The van der Waals surface area contributed by atoms with Gasteiger partial charge >= 0.3 is 0 Å². The van der Waals surface area contributed by atoms with E-state index in [1.807, 2.05) is 59.1 Å². The Hall–Kier alpha value is -1.46. The monoisotopic (exact) mass is 391 g/mol. The van der Waals surface area contributed by atoms with Gasteiger partial charge in [-0.25, -0.2) is 0 Å². The molecular formula is C18H18BrNO2S. The number of ether oxygens (including phenoxy) is 1. The number of rotatable bonds is 3. The van der Waals surface area contributed by atoms with E-state index < -0.39 is 0 Å². The van der Waals surface area contributed by atoms with Crippen LogP contribution in [-0.2, 0) is 4.79 Å². The largest absolute Gasteiger partial charge is 0.483 e. The molecule has 1 amide bonds. The van der Waals surface area contributed by atoms with E-state index in [9.17, 15) is 4.79 Å². The lowest BCUT2D eigenvalue weighted by molar-refractivity contribution is -0.120. The maximum atomic E-state index is 12.7. The number of nitrogens with zero attached hydrogens (tertiary/aromatic N) is 1. The minimum atomic E-state index is -0.0112. The highest BCUT2D eigenvalue weighted by molar-refractivity contribution is 9.10. The molecule has 2 aromatic carbocycles. The predicted molar refractivity (Wildman–Crippen MR) is 98.4 cm³/mol. The van der Waals surface area contributed by atoms with Gasteiger partial charge in [-0.3, -0.25) is 4.79 Å². The normalized spacial score (nSPS) is 17.3. The molecule has 0 N–H and O–H groups in total. The summed E-state index contributed by atoms with van der Waals surface area (Å²) < 4.78 is 6.54. The van der Waals surface area contributed by atoms with Crippen LogP contribution in [0.25, 0.3) is 0 Å². The van der Waals surface area contributed by atoms with Gasteiger partial charge in [0.15, 0.2) is 6.61 Å². The number of para-hydroxylation sites is 2. The van der Waals surface area contributed by atoms with Crippen LogP contribution in [0.4, 0.5) is 5.69 Å². The highest BCUT2D eigenvalue weighted by Crippen LogP contribution is 2.37. The Balaban J connectivity index is 1.75. The molecule has 1 aliphatic heterocycles. The van der Waals surface area contributed by atoms with Gasteiger partial charge < -0.3 is 9.64 Å². The molecule has 3 rings (SSSR count). The fourth-order valence-electron chi connectivity index (χ4n) is 2.53. The molecule has 2 aromatic rings. The smallest absolute Gasteiger partial charge is 0.264 e. The molecule has 0 saturated heterocycles. The quantitative estimate of drug-likeness (QED) is 0.755. The number of carbonyl (C=O) groups is 1. The lowest BCUT2D eigenvalue weighted by atomic mass is 10.2. The molecule has 0 aromatic heterocycles. The number of hydrogen-bond acceptors (Lipinski definition) is 3. The summed E-state index contributed by atoms with van der Waals surface area (Å²) in [5, 5.41) is 0.498. The Bertz CT molecular complexity index is 707. The lowest BCUT2D eigenvalue weighted by Crippen LogP contribution is -2.36. The third-order valence-electron chi connectivity index (χ3n) is 3.73. The molecule has 5 heteroatoms. The van der Waals surface area contributed by atoms with E-state index in [1.54, 1.807) is 0 Å². The molecule has 0 saturated carbocycles. The first-order valence-corrected chi connectivity index (χ1v) is 9.26. The summed E-state index contributed by atoms with van der Waals surface area (Å²) >= 11 is 5.26. The standard InChI is InChI=1S/C18H18BrNO2S/c1-13-10-11-20(15-7-3-5-9-17(15)23-13)18(21)12-22-16-8-4-2-6-14(16)19/h2-9,13H,10-12H2,1H3/t13-/m0/s1. The molecule has 0 unspecified atom stereocenters. The fourth-order valence-corrected chi connectivity index (χ4v) is 4.04. The van der Waals surface area contributed by atoms with Crippen molar-refractivity contribution in [1.29, 1.82) is 0 Å². The number of amides is 1. The summed E-state index contributed by atoms with van der Waals surface area (Å²) in [5.41, 5.74) is 0.988. The van der Waals surface area contributed by atoms with Crippen molar-refractivity contribution in [2.24, 2.45) is 0 Å². The van der Waals surface area contributed by atoms with Crippen LogP contribution in [0.2, 0.25) is 0 Å². The number of benzene rings is 2. The molecule has 0 fully saturated rings. The Morgan fingerprint density at radius 2 is 2.00 bits per heavy atom. The number of carbonyl (C=O) groups excluding carboxylic acids is 1. The van der Waals surface area contributed by atoms with E-state index in [2.05, 4.69) is 28.9 Å². The zero-order chi connectivity index (χ0) is 16.2. The molecule has 1 atom stereocenters. The van der Waals surface area contributed by atoms with Gasteiger partial charge in [0.2, 0.25) is 0 Å².